The van der Waals surface area contributed by atoms with Crippen LogP contribution in [-0.2, 0) is 16.0 Å². The van der Waals surface area contributed by atoms with E-state index in [4.69, 9.17) is 5.73 Å². The SMILES string of the molecule is CNC(=O)c1ccc(-c2cccc3c2CC(C)(C)N(C(=O)C2CCC(CN)CC2)C3C(=O)Nc2ccc(C(=O)O)cc2)cc1. The van der Waals surface area contributed by atoms with Gasteiger partial charge in [-0.05, 0) is 117 Å². The molecule has 0 bridgehead atoms. The van der Waals surface area contributed by atoms with Crippen LogP contribution >= 0.6 is 0 Å². The Bertz CT molecular complexity index is 1560. The van der Waals surface area contributed by atoms with Gasteiger partial charge in [0.25, 0.3) is 11.8 Å². The molecule has 1 aliphatic carbocycles. The van der Waals surface area contributed by atoms with Gasteiger partial charge in [-0.1, -0.05) is 30.3 Å². The molecular formula is C35H40N4O5. The molecule has 5 N–H and O–H groups in total. The van der Waals surface area contributed by atoms with E-state index in [0.717, 1.165) is 47.9 Å². The van der Waals surface area contributed by atoms with E-state index in [2.05, 4.69) is 10.6 Å². The number of carboxylic acid groups (broad SMARTS) is 1. The Morgan fingerprint density at radius 3 is 2.14 bits per heavy atom. The van der Waals surface area contributed by atoms with E-state index >= 15 is 0 Å². The van der Waals surface area contributed by atoms with Crippen molar-refractivity contribution in [2.75, 3.05) is 18.9 Å². The van der Waals surface area contributed by atoms with Crippen molar-refractivity contribution < 1.29 is 24.3 Å². The molecular weight excluding hydrogens is 556 g/mol. The number of amides is 3. The van der Waals surface area contributed by atoms with Gasteiger partial charge in [0.2, 0.25) is 5.91 Å². The average molecular weight is 597 g/mol. The van der Waals surface area contributed by atoms with Crippen molar-refractivity contribution in [1.29, 1.82) is 0 Å². The Balaban J connectivity index is 1.56. The summed E-state index contributed by atoms with van der Waals surface area (Å²) in [4.78, 5) is 53.9. The van der Waals surface area contributed by atoms with Gasteiger partial charge < -0.3 is 26.4 Å². The Labute approximate surface area is 257 Å². The van der Waals surface area contributed by atoms with Crippen molar-refractivity contribution in [3.05, 3.63) is 89.0 Å². The van der Waals surface area contributed by atoms with Crippen LogP contribution in [0.3, 0.4) is 0 Å². The minimum atomic E-state index is -1.05. The number of anilines is 1. The molecule has 1 unspecified atom stereocenters. The fourth-order valence-electron chi connectivity index (χ4n) is 6.71. The van der Waals surface area contributed by atoms with Crippen molar-refractivity contribution in [1.82, 2.24) is 10.2 Å². The molecule has 230 valence electrons. The molecule has 0 aromatic heterocycles. The zero-order valence-corrected chi connectivity index (χ0v) is 25.4. The third-order valence-corrected chi connectivity index (χ3v) is 9.13. The van der Waals surface area contributed by atoms with Crippen LogP contribution in [0.15, 0.2) is 66.7 Å². The second-order valence-corrected chi connectivity index (χ2v) is 12.5. The van der Waals surface area contributed by atoms with E-state index in [9.17, 15) is 24.3 Å². The molecule has 1 aliphatic heterocycles. The molecule has 9 heteroatoms. The van der Waals surface area contributed by atoms with Crippen molar-refractivity contribution in [2.24, 2.45) is 17.6 Å². The number of fused-ring (bicyclic) bond motifs is 1. The minimum absolute atomic E-state index is 0.0298. The van der Waals surface area contributed by atoms with Gasteiger partial charge in [0.15, 0.2) is 0 Å². The van der Waals surface area contributed by atoms with Gasteiger partial charge in [-0.3, -0.25) is 14.4 Å². The number of nitrogens with zero attached hydrogens (tertiary/aromatic N) is 1. The summed E-state index contributed by atoms with van der Waals surface area (Å²) < 4.78 is 0. The molecule has 5 rings (SSSR count). The maximum Gasteiger partial charge on any atom is 0.335 e. The van der Waals surface area contributed by atoms with Crippen LogP contribution in [-0.4, -0.2) is 52.8 Å². The number of carbonyl (C=O) groups excluding carboxylic acids is 3. The number of rotatable bonds is 7. The van der Waals surface area contributed by atoms with Crippen LogP contribution < -0.4 is 16.4 Å². The molecule has 0 spiro atoms. The van der Waals surface area contributed by atoms with Gasteiger partial charge >= 0.3 is 5.97 Å². The topological polar surface area (TPSA) is 142 Å². The molecule has 1 atom stereocenters. The lowest BCUT2D eigenvalue weighted by molar-refractivity contribution is -0.151. The van der Waals surface area contributed by atoms with E-state index in [0.29, 0.717) is 30.1 Å². The number of nitrogens with two attached hydrogens (primary N) is 1. The summed E-state index contributed by atoms with van der Waals surface area (Å²) in [5.74, 6) is -1.39. The summed E-state index contributed by atoms with van der Waals surface area (Å²) in [7, 11) is 1.59. The molecule has 3 amide bonds. The number of carboxylic acids is 1. The maximum atomic E-state index is 14.4. The molecule has 9 nitrogen and oxygen atoms in total. The fraction of sp³-hybridized carbons (Fsp3) is 0.371. The minimum Gasteiger partial charge on any atom is -0.478 e. The summed E-state index contributed by atoms with van der Waals surface area (Å²) in [5.41, 5.74) is 9.91. The van der Waals surface area contributed by atoms with Crippen LogP contribution in [0.25, 0.3) is 11.1 Å². The first-order valence-electron chi connectivity index (χ1n) is 15.2. The van der Waals surface area contributed by atoms with Crippen LogP contribution in [0, 0.1) is 11.8 Å². The summed E-state index contributed by atoms with van der Waals surface area (Å²) in [5, 5.41) is 14.9. The summed E-state index contributed by atoms with van der Waals surface area (Å²) in [6.45, 7) is 4.63. The Kier molecular flexibility index (Phi) is 8.87. The Morgan fingerprint density at radius 1 is 0.909 bits per heavy atom. The number of carbonyl (C=O) groups is 4. The molecule has 3 aromatic rings. The van der Waals surface area contributed by atoms with E-state index in [-0.39, 0.29) is 29.2 Å². The molecule has 2 aliphatic rings. The van der Waals surface area contributed by atoms with Gasteiger partial charge in [0.05, 0.1) is 5.56 Å². The van der Waals surface area contributed by atoms with Gasteiger partial charge in [-0.15, -0.1) is 0 Å². The monoisotopic (exact) mass is 596 g/mol. The fourth-order valence-corrected chi connectivity index (χ4v) is 6.71. The highest BCUT2D eigenvalue weighted by atomic mass is 16.4. The van der Waals surface area contributed by atoms with Gasteiger partial charge in [-0.2, -0.15) is 0 Å². The number of hydrogen-bond donors (Lipinski definition) is 4. The zero-order valence-electron chi connectivity index (χ0n) is 25.4. The standard InChI is InChI=1S/C35H40N4O5/c1-35(2)19-29-27(22-11-13-23(14-12-22)31(40)37-3)5-4-6-28(29)30(32(41)38-26-17-15-25(16-18-26)34(43)44)39(35)33(42)24-9-7-21(20-36)8-10-24/h4-6,11-18,21,24,30H,7-10,19-20,36H2,1-3H3,(H,37,40)(H,38,41)(H,43,44). The summed E-state index contributed by atoms with van der Waals surface area (Å²) in [6, 6.07) is 18.3. The second kappa shape index (κ2) is 12.6. The molecule has 3 aromatic carbocycles. The van der Waals surface area contributed by atoms with Gasteiger partial charge in [-0.25, -0.2) is 4.79 Å². The first-order chi connectivity index (χ1) is 21.0. The molecule has 1 saturated carbocycles. The number of hydrogen-bond acceptors (Lipinski definition) is 5. The molecule has 1 heterocycles. The summed E-state index contributed by atoms with van der Waals surface area (Å²) >= 11 is 0. The maximum absolute atomic E-state index is 14.4. The van der Waals surface area contributed by atoms with Crippen LogP contribution in [0.2, 0.25) is 0 Å². The number of benzene rings is 3. The third kappa shape index (κ3) is 6.10. The highest BCUT2D eigenvalue weighted by Crippen LogP contribution is 2.45. The van der Waals surface area contributed by atoms with E-state index in [1.165, 1.54) is 12.1 Å². The Hall–Kier alpha value is -4.50. The largest absolute Gasteiger partial charge is 0.478 e. The van der Waals surface area contributed by atoms with Crippen molar-refractivity contribution in [3.8, 4) is 11.1 Å². The third-order valence-electron chi connectivity index (χ3n) is 9.13. The Morgan fingerprint density at radius 2 is 1.55 bits per heavy atom. The average Bonchev–Trinajstić information content (AvgIpc) is 3.03. The molecule has 1 fully saturated rings. The highest BCUT2D eigenvalue weighted by Gasteiger charge is 2.48. The van der Waals surface area contributed by atoms with E-state index < -0.39 is 17.6 Å². The zero-order chi connectivity index (χ0) is 31.6. The number of aromatic carboxylic acids is 1. The predicted octanol–water partition coefficient (Wildman–Crippen LogP) is 5.02. The lowest BCUT2D eigenvalue weighted by Crippen LogP contribution is -2.58. The van der Waals surface area contributed by atoms with Gasteiger partial charge in [0, 0.05) is 29.8 Å². The van der Waals surface area contributed by atoms with E-state index in [1.807, 2.05) is 44.2 Å². The molecule has 0 radical (unpaired) electrons. The normalized spacial score (nSPS) is 20.7. The first kappa shape index (κ1) is 30.9. The van der Waals surface area contributed by atoms with Crippen LogP contribution in [0.5, 0.6) is 0 Å². The molecule has 0 saturated heterocycles. The first-order valence-corrected chi connectivity index (χ1v) is 15.2. The molecule has 44 heavy (non-hydrogen) atoms. The lowest BCUT2D eigenvalue weighted by Gasteiger charge is -2.50. The highest BCUT2D eigenvalue weighted by molar-refractivity contribution is 6.00. The summed E-state index contributed by atoms with van der Waals surface area (Å²) in [6.07, 6.45) is 3.80. The van der Waals surface area contributed by atoms with Crippen molar-refractivity contribution >= 4 is 29.4 Å². The van der Waals surface area contributed by atoms with Crippen molar-refractivity contribution in [3.63, 3.8) is 0 Å². The smallest absolute Gasteiger partial charge is 0.335 e. The quantitative estimate of drug-likeness (QED) is 0.302. The van der Waals surface area contributed by atoms with Crippen molar-refractivity contribution in [2.45, 2.75) is 57.5 Å². The van der Waals surface area contributed by atoms with E-state index in [1.54, 1.807) is 36.2 Å². The van der Waals surface area contributed by atoms with Crippen LogP contribution in [0.1, 0.15) is 77.4 Å². The number of nitrogens with one attached hydrogen (secondary N) is 2. The lowest BCUT2D eigenvalue weighted by atomic mass is 9.75. The van der Waals surface area contributed by atoms with Gasteiger partial charge in [0.1, 0.15) is 6.04 Å². The predicted molar refractivity (Wildman–Crippen MR) is 169 cm³/mol. The van der Waals surface area contributed by atoms with Crippen LogP contribution in [0.4, 0.5) is 5.69 Å². The second-order valence-electron chi connectivity index (χ2n) is 12.5.